The van der Waals surface area contributed by atoms with E-state index >= 15 is 0 Å². The van der Waals surface area contributed by atoms with Crippen LogP contribution in [0.5, 0.6) is 5.75 Å². The van der Waals surface area contributed by atoms with Crippen LogP contribution < -0.4 is 4.74 Å². The lowest BCUT2D eigenvalue weighted by Gasteiger charge is -2.30. The Morgan fingerprint density at radius 1 is 0.966 bits per heavy atom. The van der Waals surface area contributed by atoms with Crippen molar-refractivity contribution in [2.45, 2.75) is 32.5 Å². The number of fused-ring (bicyclic) bond motifs is 1. The van der Waals surface area contributed by atoms with E-state index in [4.69, 9.17) is 14.5 Å². The molecule has 4 rings (SSSR count). The molecule has 1 unspecified atom stereocenters. The van der Waals surface area contributed by atoms with Gasteiger partial charge in [-0.2, -0.15) is 0 Å². The number of hydrogen-bond donors (Lipinski definition) is 0. The molecule has 29 heavy (non-hydrogen) atoms. The van der Waals surface area contributed by atoms with Crippen LogP contribution in [0.15, 0.2) is 72.1 Å². The van der Waals surface area contributed by atoms with Gasteiger partial charge >= 0.3 is 0 Å². The summed E-state index contributed by atoms with van der Waals surface area (Å²) in [6.07, 6.45) is 0.796. The van der Waals surface area contributed by atoms with Crippen molar-refractivity contribution in [1.82, 2.24) is 4.98 Å². The Balaban J connectivity index is 1.58. The monoisotopic (exact) mass is 403 g/mol. The van der Waals surface area contributed by atoms with Crippen LogP contribution in [0.25, 0.3) is 10.8 Å². The summed E-state index contributed by atoms with van der Waals surface area (Å²) in [7, 11) is 1.75. The molecule has 0 saturated heterocycles. The SMILES string of the molecule is CCC(OC)(c1cccc(OCc2ccc3ccccc3c2)c1)c1nc(C)cs1. The maximum Gasteiger partial charge on any atom is 0.144 e. The van der Waals surface area contributed by atoms with Gasteiger partial charge in [-0.15, -0.1) is 11.3 Å². The maximum absolute atomic E-state index is 6.13. The minimum atomic E-state index is -0.554. The van der Waals surface area contributed by atoms with Crippen molar-refractivity contribution in [2.75, 3.05) is 7.11 Å². The molecule has 0 aliphatic rings. The van der Waals surface area contributed by atoms with Crippen LogP contribution in [0.2, 0.25) is 0 Å². The second-order valence-electron chi connectivity index (χ2n) is 7.18. The van der Waals surface area contributed by atoms with Crippen LogP contribution in [0.4, 0.5) is 0 Å². The quantitative estimate of drug-likeness (QED) is 0.354. The summed E-state index contributed by atoms with van der Waals surface area (Å²) in [6.45, 7) is 4.67. The van der Waals surface area contributed by atoms with Gasteiger partial charge in [0.25, 0.3) is 0 Å². The molecule has 1 heterocycles. The van der Waals surface area contributed by atoms with Crippen molar-refractivity contribution < 1.29 is 9.47 Å². The Hall–Kier alpha value is -2.69. The Morgan fingerprint density at radius 2 is 1.79 bits per heavy atom. The normalized spacial score (nSPS) is 13.3. The molecule has 4 heteroatoms. The summed E-state index contributed by atoms with van der Waals surface area (Å²) in [5.74, 6) is 0.832. The van der Waals surface area contributed by atoms with E-state index in [9.17, 15) is 0 Å². The van der Waals surface area contributed by atoms with Crippen LogP contribution in [-0.2, 0) is 16.9 Å². The highest BCUT2D eigenvalue weighted by Gasteiger charge is 2.35. The third-order valence-electron chi connectivity index (χ3n) is 5.33. The number of nitrogens with zero attached hydrogens (tertiary/aromatic N) is 1. The summed E-state index contributed by atoms with van der Waals surface area (Å²) in [6, 6.07) is 23.0. The number of hydrogen-bond acceptors (Lipinski definition) is 4. The number of aromatic nitrogens is 1. The first kappa shape index (κ1) is 19.6. The van der Waals surface area contributed by atoms with Crippen LogP contribution in [0.3, 0.4) is 0 Å². The topological polar surface area (TPSA) is 31.4 Å². The Bertz CT molecular complexity index is 1110. The van der Waals surface area contributed by atoms with Gasteiger partial charge in [0.15, 0.2) is 0 Å². The summed E-state index contributed by atoms with van der Waals surface area (Å²) in [5.41, 5.74) is 2.68. The van der Waals surface area contributed by atoms with Crippen LogP contribution >= 0.6 is 11.3 Å². The molecule has 0 fully saturated rings. The summed E-state index contributed by atoms with van der Waals surface area (Å²) in [5, 5.41) is 5.51. The number of methoxy groups -OCH3 is 1. The van der Waals surface area contributed by atoms with E-state index in [1.165, 1.54) is 10.8 Å². The van der Waals surface area contributed by atoms with Gasteiger partial charge in [0.05, 0.1) is 0 Å². The molecular weight excluding hydrogens is 378 g/mol. The van der Waals surface area contributed by atoms with Crippen molar-refractivity contribution in [3.8, 4) is 5.75 Å². The summed E-state index contributed by atoms with van der Waals surface area (Å²) >= 11 is 1.64. The second-order valence-corrected chi connectivity index (χ2v) is 8.03. The molecule has 0 bridgehead atoms. The van der Waals surface area contributed by atoms with Crippen LogP contribution in [0.1, 0.15) is 35.2 Å². The number of aryl methyl sites for hydroxylation is 1. The van der Waals surface area contributed by atoms with E-state index in [1.54, 1.807) is 18.4 Å². The molecule has 0 N–H and O–H groups in total. The van der Waals surface area contributed by atoms with Crippen molar-refractivity contribution in [1.29, 1.82) is 0 Å². The number of ether oxygens (including phenoxy) is 2. The van der Waals surface area contributed by atoms with Gasteiger partial charge < -0.3 is 9.47 Å². The van der Waals surface area contributed by atoms with E-state index < -0.39 is 5.60 Å². The van der Waals surface area contributed by atoms with Gasteiger partial charge in [-0.1, -0.05) is 55.5 Å². The van der Waals surface area contributed by atoms with Gasteiger partial charge in [-0.3, -0.25) is 0 Å². The Labute approximate surface area is 176 Å². The molecule has 0 amide bonds. The number of rotatable bonds is 7. The highest BCUT2D eigenvalue weighted by atomic mass is 32.1. The maximum atomic E-state index is 6.13. The Kier molecular flexibility index (Phi) is 5.65. The molecule has 0 radical (unpaired) electrons. The van der Waals surface area contributed by atoms with E-state index in [0.717, 1.165) is 34.0 Å². The Morgan fingerprint density at radius 3 is 2.52 bits per heavy atom. The molecule has 0 spiro atoms. The van der Waals surface area contributed by atoms with Crippen molar-refractivity contribution >= 4 is 22.1 Å². The number of benzene rings is 3. The van der Waals surface area contributed by atoms with Crippen LogP contribution in [0, 0.1) is 6.92 Å². The smallest absolute Gasteiger partial charge is 0.144 e. The fourth-order valence-electron chi connectivity index (χ4n) is 3.70. The molecule has 148 valence electrons. The first-order chi connectivity index (χ1) is 14.1. The molecule has 0 aliphatic heterocycles. The standard InChI is InChI=1S/C25H25NO2S/c1-4-25(27-3,24-26-18(2)17-29-24)22-10-7-11-23(15-22)28-16-19-12-13-20-8-5-6-9-21(20)14-19/h5-15,17H,4,16H2,1-3H3. The first-order valence-corrected chi connectivity index (χ1v) is 10.7. The van der Waals surface area contributed by atoms with Crippen molar-refractivity contribution in [3.63, 3.8) is 0 Å². The van der Waals surface area contributed by atoms with E-state index in [0.29, 0.717) is 6.61 Å². The lowest BCUT2D eigenvalue weighted by Crippen LogP contribution is -2.29. The average molecular weight is 404 g/mol. The fourth-order valence-corrected chi connectivity index (χ4v) is 4.77. The van der Waals surface area contributed by atoms with Crippen molar-refractivity contribution in [3.05, 3.63) is 93.9 Å². The average Bonchev–Trinajstić information content (AvgIpc) is 3.20. The number of thiazole rings is 1. The van der Waals surface area contributed by atoms with Gasteiger partial charge in [0.1, 0.15) is 23.0 Å². The van der Waals surface area contributed by atoms with Crippen molar-refractivity contribution in [2.24, 2.45) is 0 Å². The zero-order valence-corrected chi connectivity index (χ0v) is 17.8. The molecule has 3 aromatic carbocycles. The molecule has 1 atom stereocenters. The molecule has 1 aromatic heterocycles. The third-order valence-corrected chi connectivity index (χ3v) is 6.43. The van der Waals surface area contributed by atoms with E-state index in [1.807, 2.05) is 19.1 Å². The minimum Gasteiger partial charge on any atom is -0.489 e. The molecule has 0 aliphatic carbocycles. The van der Waals surface area contributed by atoms with Crippen LogP contribution in [-0.4, -0.2) is 12.1 Å². The van der Waals surface area contributed by atoms with Gasteiger partial charge in [0, 0.05) is 18.2 Å². The zero-order valence-electron chi connectivity index (χ0n) is 17.0. The lowest BCUT2D eigenvalue weighted by molar-refractivity contribution is 0.0181. The summed E-state index contributed by atoms with van der Waals surface area (Å²) < 4.78 is 12.2. The largest absolute Gasteiger partial charge is 0.489 e. The van der Waals surface area contributed by atoms with Gasteiger partial charge in [-0.25, -0.2) is 4.98 Å². The molecule has 3 nitrogen and oxygen atoms in total. The molecular formula is C25H25NO2S. The minimum absolute atomic E-state index is 0.525. The predicted molar refractivity (Wildman–Crippen MR) is 120 cm³/mol. The first-order valence-electron chi connectivity index (χ1n) is 9.83. The van der Waals surface area contributed by atoms with E-state index in [2.05, 4.69) is 66.9 Å². The third kappa shape index (κ3) is 3.91. The highest BCUT2D eigenvalue weighted by Crippen LogP contribution is 2.39. The zero-order chi connectivity index (χ0) is 20.3. The molecule has 4 aromatic rings. The van der Waals surface area contributed by atoms with Gasteiger partial charge in [0.2, 0.25) is 0 Å². The summed E-state index contributed by atoms with van der Waals surface area (Å²) in [4.78, 5) is 4.71. The lowest BCUT2D eigenvalue weighted by atomic mass is 9.91. The second kappa shape index (κ2) is 8.36. The highest BCUT2D eigenvalue weighted by molar-refractivity contribution is 7.09. The molecule has 0 saturated carbocycles. The fraction of sp³-hybridized carbons (Fsp3) is 0.240. The van der Waals surface area contributed by atoms with Gasteiger partial charge in [-0.05, 0) is 53.4 Å². The predicted octanol–water partition coefficient (Wildman–Crippen LogP) is 6.48. The van der Waals surface area contributed by atoms with E-state index in [-0.39, 0.29) is 0 Å².